The lowest BCUT2D eigenvalue weighted by molar-refractivity contribution is -0.137. The maximum atomic E-state index is 11.6. The molecule has 0 spiro atoms. The summed E-state index contributed by atoms with van der Waals surface area (Å²) in [6.07, 6.45) is 5.80. The molecule has 5 nitrogen and oxygen atoms in total. The Morgan fingerprint density at radius 3 is 2.55 bits per heavy atom. The van der Waals surface area contributed by atoms with E-state index >= 15 is 0 Å². The van der Waals surface area contributed by atoms with Gasteiger partial charge in [0.1, 0.15) is 6.04 Å². The number of terminal acetylenes is 1. The van der Waals surface area contributed by atoms with Crippen molar-refractivity contribution in [2.24, 2.45) is 0 Å². The topological polar surface area (TPSA) is 78.4 Å². The molecule has 1 atom stereocenters. The maximum absolute atomic E-state index is 11.6. The number of urea groups is 1. The second-order valence-electron chi connectivity index (χ2n) is 4.05. The van der Waals surface area contributed by atoms with Crippen LogP contribution >= 0.6 is 15.9 Å². The lowest BCUT2D eigenvalue weighted by Gasteiger charge is -2.14. The van der Waals surface area contributed by atoms with Crippen LogP contribution in [0.1, 0.15) is 24.4 Å². The van der Waals surface area contributed by atoms with E-state index in [9.17, 15) is 9.59 Å². The number of nitrogens with one attached hydrogen (secondary N) is 2. The number of benzene rings is 1. The van der Waals surface area contributed by atoms with Crippen molar-refractivity contribution >= 4 is 27.9 Å². The summed E-state index contributed by atoms with van der Waals surface area (Å²) in [7, 11) is 0. The van der Waals surface area contributed by atoms with E-state index in [4.69, 9.17) is 11.5 Å². The van der Waals surface area contributed by atoms with Crippen LogP contribution in [0.5, 0.6) is 0 Å². The van der Waals surface area contributed by atoms with E-state index in [1.165, 1.54) is 0 Å². The lowest BCUT2D eigenvalue weighted by Crippen LogP contribution is -2.38. The summed E-state index contributed by atoms with van der Waals surface area (Å²) in [5, 5.41) is 13.7. The van der Waals surface area contributed by atoms with E-state index in [-0.39, 0.29) is 13.0 Å². The minimum Gasteiger partial charge on any atom is -0.481 e. The van der Waals surface area contributed by atoms with Crippen molar-refractivity contribution in [3.63, 3.8) is 0 Å². The molecule has 1 aromatic rings. The molecule has 0 aliphatic rings. The van der Waals surface area contributed by atoms with Gasteiger partial charge in [0, 0.05) is 17.4 Å². The normalized spacial score (nSPS) is 11.2. The van der Waals surface area contributed by atoms with Crippen LogP contribution in [0.4, 0.5) is 4.79 Å². The molecule has 2 amide bonds. The van der Waals surface area contributed by atoms with Crippen LogP contribution in [0.15, 0.2) is 28.7 Å². The van der Waals surface area contributed by atoms with Crippen molar-refractivity contribution in [1.82, 2.24) is 10.6 Å². The molecule has 0 aromatic heterocycles. The van der Waals surface area contributed by atoms with Gasteiger partial charge in [-0.25, -0.2) is 4.79 Å². The first-order valence-electron chi connectivity index (χ1n) is 6.00. The molecule has 0 heterocycles. The number of amides is 2. The zero-order valence-electron chi connectivity index (χ0n) is 10.7. The molecule has 0 fully saturated rings. The molecule has 0 aliphatic heterocycles. The van der Waals surface area contributed by atoms with Gasteiger partial charge >= 0.3 is 12.0 Å². The maximum Gasteiger partial charge on any atom is 0.316 e. The number of carbonyl (C=O) groups is 2. The zero-order chi connectivity index (χ0) is 15.0. The van der Waals surface area contributed by atoms with E-state index in [1.54, 1.807) is 0 Å². The van der Waals surface area contributed by atoms with E-state index in [1.807, 2.05) is 24.3 Å². The molecule has 106 valence electrons. The number of halogens is 1. The highest BCUT2D eigenvalue weighted by Gasteiger charge is 2.11. The first-order valence-corrected chi connectivity index (χ1v) is 6.80. The molecule has 0 radical (unpaired) electrons. The van der Waals surface area contributed by atoms with Gasteiger partial charge in [-0.15, -0.1) is 6.42 Å². The Morgan fingerprint density at radius 1 is 1.35 bits per heavy atom. The highest BCUT2D eigenvalue weighted by atomic mass is 79.9. The second kappa shape index (κ2) is 8.23. The average molecular weight is 339 g/mol. The summed E-state index contributed by atoms with van der Waals surface area (Å²) in [5.74, 6) is 1.61. The van der Waals surface area contributed by atoms with Crippen LogP contribution in [0.3, 0.4) is 0 Å². The molecular formula is C14H15BrN2O3. The fourth-order valence-electron chi connectivity index (χ4n) is 1.50. The molecule has 0 bridgehead atoms. The third-order valence-corrected chi connectivity index (χ3v) is 3.03. The van der Waals surface area contributed by atoms with Gasteiger partial charge in [-0.05, 0) is 24.1 Å². The van der Waals surface area contributed by atoms with Gasteiger partial charge in [0.15, 0.2) is 0 Å². The molecule has 1 unspecified atom stereocenters. The predicted molar refractivity (Wildman–Crippen MR) is 79.1 cm³/mol. The molecule has 6 heteroatoms. The first-order chi connectivity index (χ1) is 9.52. The zero-order valence-corrected chi connectivity index (χ0v) is 12.3. The van der Waals surface area contributed by atoms with Gasteiger partial charge in [-0.2, -0.15) is 0 Å². The largest absolute Gasteiger partial charge is 0.481 e. The monoisotopic (exact) mass is 338 g/mol. The summed E-state index contributed by atoms with van der Waals surface area (Å²) in [6, 6.07) is 6.38. The number of carboxylic acid groups (broad SMARTS) is 1. The smallest absolute Gasteiger partial charge is 0.316 e. The SMILES string of the molecule is C#CC(NC(=O)NCCCC(=O)O)c1ccc(Br)cc1. The van der Waals surface area contributed by atoms with Crippen molar-refractivity contribution in [3.8, 4) is 12.3 Å². The quantitative estimate of drug-likeness (QED) is 0.550. The Morgan fingerprint density at radius 2 is 2.00 bits per heavy atom. The van der Waals surface area contributed by atoms with Crippen molar-refractivity contribution in [3.05, 3.63) is 34.3 Å². The average Bonchev–Trinajstić information content (AvgIpc) is 2.42. The number of carboxylic acids is 1. The third-order valence-electron chi connectivity index (χ3n) is 2.50. The Bertz CT molecular complexity index is 508. The lowest BCUT2D eigenvalue weighted by atomic mass is 10.1. The van der Waals surface area contributed by atoms with Crippen LogP contribution in [0.25, 0.3) is 0 Å². The second-order valence-corrected chi connectivity index (χ2v) is 4.96. The molecule has 0 saturated heterocycles. The molecule has 3 N–H and O–H groups in total. The molecule has 0 saturated carbocycles. The van der Waals surface area contributed by atoms with Gasteiger partial charge in [0.25, 0.3) is 0 Å². The third kappa shape index (κ3) is 5.76. The highest BCUT2D eigenvalue weighted by Crippen LogP contribution is 2.16. The summed E-state index contributed by atoms with van der Waals surface area (Å²) in [4.78, 5) is 21.9. The van der Waals surface area contributed by atoms with E-state index in [0.29, 0.717) is 6.42 Å². The van der Waals surface area contributed by atoms with Gasteiger partial charge in [-0.3, -0.25) is 4.79 Å². The number of aliphatic carboxylic acids is 1. The van der Waals surface area contributed by atoms with Crippen LogP contribution < -0.4 is 10.6 Å². The fourth-order valence-corrected chi connectivity index (χ4v) is 1.76. The van der Waals surface area contributed by atoms with Gasteiger partial charge < -0.3 is 15.7 Å². The standard InChI is InChI=1S/C14H15BrN2O3/c1-2-12(10-5-7-11(15)8-6-10)17-14(20)16-9-3-4-13(18)19/h1,5-8,12H,3-4,9H2,(H,18,19)(H2,16,17,20). The van der Waals surface area contributed by atoms with Gasteiger partial charge in [0.2, 0.25) is 0 Å². The minimum atomic E-state index is -0.886. The number of hydrogen-bond donors (Lipinski definition) is 3. The number of carbonyl (C=O) groups excluding carboxylic acids is 1. The summed E-state index contributed by atoms with van der Waals surface area (Å²) in [6.45, 7) is 0.287. The predicted octanol–water partition coefficient (Wildman–Crippen LogP) is 2.29. The summed E-state index contributed by atoms with van der Waals surface area (Å²) >= 11 is 3.32. The minimum absolute atomic E-state index is 0.0194. The van der Waals surface area contributed by atoms with Crippen molar-refractivity contribution in [2.45, 2.75) is 18.9 Å². The molecule has 1 aromatic carbocycles. The van der Waals surface area contributed by atoms with Crippen LogP contribution in [0, 0.1) is 12.3 Å². The van der Waals surface area contributed by atoms with Crippen LogP contribution in [-0.2, 0) is 4.79 Å². The summed E-state index contributed by atoms with van der Waals surface area (Å²) < 4.78 is 0.926. The molecule has 20 heavy (non-hydrogen) atoms. The highest BCUT2D eigenvalue weighted by molar-refractivity contribution is 9.10. The Labute approximate surface area is 125 Å². The van der Waals surface area contributed by atoms with Crippen LogP contribution in [-0.4, -0.2) is 23.7 Å². The van der Waals surface area contributed by atoms with Gasteiger partial charge in [-0.1, -0.05) is 34.0 Å². The van der Waals surface area contributed by atoms with Crippen molar-refractivity contribution in [1.29, 1.82) is 0 Å². The Balaban J connectivity index is 2.44. The summed E-state index contributed by atoms with van der Waals surface area (Å²) in [5.41, 5.74) is 0.802. The molecule has 0 aliphatic carbocycles. The first kappa shape index (κ1) is 16.1. The van der Waals surface area contributed by atoms with E-state index in [0.717, 1.165) is 10.0 Å². The van der Waals surface area contributed by atoms with Gasteiger partial charge in [0.05, 0.1) is 0 Å². The van der Waals surface area contributed by atoms with Crippen molar-refractivity contribution < 1.29 is 14.7 Å². The van der Waals surface area contributed by atoms with Crippen LogP contribution in [0.2, 0.25) is 0 Å². The van der Waals surface area contributed by atoms with Crippen molar-refractivity contribution in [2.75, 3.05) is 6.54 Å². The number of hydrogen-bond acceptors (Lipinski definition) is 2. The molecular weight excluding hydrogens is 324 g/mol. The Kier molecular flexibility index (Phi) is 6.60. The Hall–Kier alpha value is -2.00. The van der Waals surface area contributed by atoms with E-state index < -0.39 is 18.0 Å². The fraction of sp³-hybridized carbons (Fsp3) is 0.286. The molecule has 1 rings (SSSR count). The van der Waals surface area contributed by atoms with E-state index in [2.05, 4.69) is 32.5 Å². The number of rotatable bonds is 6.